The number of pyridine rings is 1. The van der Waals surface area contributed by atoms with Gasteiger partial charge in [-0.05, 0) is 25.5 Å². The minimum absolute atomic E-state index is 0.0296. The van der Waals surface area contributed by atoms with E-state index in [-0.39, 0.29) is 5.91 Å². The van der Waals surface area contributed by atoms with Crippen molar-refractivity contribution in [2.75, 3.05) is 26.3 Å². The minimum atomic E-state index is -0.0296. The first-order valence-electron chi connectivity index (χ1n) is 9.38. The predicted molar refractivity (Wildman–Crippen MR) is 100 cm³/mol. The third-order valence-corrected chi connectivity index (χ3v) is 4.69. The van der Waals surface area contributed by atoms with E-state index < -0.39 is 0 Å². The highest BCUT2D eigenvalue weighted by atomic mass is 16.5. The minimum Gasteiger partial charge on any atom is -0.378 e. The van der Waals surface area contributed by atoms with Crippen molar-refractivity contribution in [2.45, 2.75) is 26.7 Å². The molecule has 1 aliphatic rings. The lowest BCUT2D eigenvalue weighted by molar-refractivity contribution is 0.0302. The van der Waals surface area contributed by atoms with Crippen LogP contribution in [0.2, 0.25) is 0 Å². The zero-order valence-electron chi connectivity index (χ0n) is 16.0. The van der Waals surface area contributed by atoms with Crippen molar-refractivity contribution in [3.63, 3.8) is 0 Å². The number of nitrogens with zero attached hydrogens (tertiary/aromatic N) is 6. The molecule has 3 aromatic heterocycles. The maximum absolute atomic E-state index is 12.7. The Kier molecular flexibility index (Phi) is 5.16. The summed E-state index contributed by atoms with van der Waals surface area (Å²) in [6.07, 6.45) is 5.00. The highest BCUT2D eigenvalue weighted by Crippen LogP contribution is 2.20. The summed E-state index contributed by atoms with van der Waals surface area (Å²) in [6, 6.07) is 3.68. The number of aryl methyl sites for hydroxylation is 1. The molecule has 0 aliphatic carbocycles. The van der Waals surface area contributed by atoms with E-state index in [1.807, 2.05) is 19.1 Å². The van der Waals surface area contributed by atoms with E-state index in [9.17, 15) is 4.79 Å². The van der Waals surface area contributed by atoms with Gasteiger partial charge in [0.2, 0.25) is 0 Å². The molecule has 1 aliphatic heterocycles. The molecule has 0 unspecified atom stereocenters. The molecule has 28 heavy (non-hydrogen) atoms. The number of ether oxygens (including phenoxy) is 1. The maximum atomic E-state index is 12.7. The summed E-state index contributed by atoms with van der Waals surface area (Å²) in [6.45, 7) is 6.26. The third-order valence-electron chi connectivity index (χ3n) is 4.69. The van der Waals surface area contributed by atoms with Gasteiger partial charge in [-0.25, -0.2) is 9.67 Å². The van der Waals surface area contributed by atoms with Crippen molar-refractivity contribution in [3.05, 3.63) is 41.6 Å². The molecule has 146 valence electrons. The smallest absolute Gasteiger partial charge is 0.259 e. The maximum Gasteiger partial charge on any atom is 0.259 e. The summed E-state index contributed by atoms with van der Waals surface area (Å²) in [4.78, 5) is 23.3. The van der Waals surface area contributed by atoms with Crippen molar-refractivity contribution in [2.24, 2.45) is 0 Å². The highest BCUT2D eigenvalue weighted by molar-refractivity contribution is 5.95. The molecule has 0 atom stereocenters. The highest BCUT2D eigenvalue weighted by Gasteiger charge is 2.23. The second-order valence-electron chi connectivity index (χ2n) is 6.63. The molecule has 9 heteroatoms. The monoisotopic (exact) mass is 382 g/mol. The lowest BCUT2D eigenvalue weighted by Gasteiger charge is -2.26. The van der Waals surface area contributed by atoms with Crippen LogP contribution in [0.3, 0.4) is 0 Å². The number of rotatable bonds is 5. The number of carbonyl (C=O) groups is 1. The summed E-state index contributed by atoms with van der Waals surface area (Å²) < 4.78 is 12.3. The van der Waals surface area contributed by atoms with E-state index in [1.54, 1.807) is 22.0 Å². The van der Waals surface area contributed by atoms with Crippen LogP contribution in [0.4, 0.5) is 0 Å². The van der Waals surface area contributed by atoms with E-state index in [0.717, 1.165) is 24.1 Å². The van der Waals surface area contributed by atoms with Crippen LogP contribution >= 0.6 is 0 Å². The molecular weight excluding hydrogens is 360 g/mol. The molecular formula is C19H22N6O3. The van der Waals surface area contributed by atoms with Crippen LogP contribution in [0.25, 0.3) is 17.3 Å². The molecule has 3 aromatic rings. The first-order chi connectivity index (χ1) is 13.7. The Bertz CT molecular complexity index is 956. The van der Waals surface area contributed by atoms with Gasteiger partial charge in [0.15, 0.2) is 11.6 Å². The van der Waals surface area contributed by atoms with E-state index in [1.165, 1.54) is 0 Å². The Labute approximate surface area is 162 Å². The first-order valence-corrected chi connectivity index (χ1v) is 9.38. The largest absolute Gasteiger partial charge is 0.378 e. The number of morpholine rings is 1. The van der Waals surface area contributed by atoms with Gasteiger partial charge in [-0.15, -0.1) is 0 Å². The zero-order valence-corrected chi connectivity index (χ0v) is 16.0. The van der Waals surface area contributed by atoms with E-state index in [4.69, 9.17) is 9.26 Å². The molecule has 0 spiro atoms. The summed E-state index contributed by atoms with van der Waals surface area (Å²) in [5.41, 5.74) is 2.07. The lowest BCUT2D eigenvalue weighted by Crippen LogP contribution is -2.40. The van der Waals surface area contributed by atoms with Crippen LogP contribution in [0.15, 0.2) is 29.0 Å². The van der Waals surface area contributed by atoms with Crippen molar-refractivity contribution in [1.82, 2.24) is 29.8 Å². The van der Waals surface area contributed by atoms with E-state index in [0.29, 0.717) is 49.4 Å². The average Bonchev–Trinajstić information content (AvgIpc) is 3.35. The fraction of sp³-hybridized carbons (Fsp3) is 0.421. The first kappa shape index (κ1) is 18.3. The number of carbonyl (C=O) groups excluding carboxylic acids is 1. The number of amides is 1. The fourth-order valence-corrected chi connectivity index (χ4v) is 3.12. The molecule has 4 rings (SSSR count). The van der Waals surface area contributed by atoms with Gasteiger partial charge < -0.3 is 14.2 Å². The summed E-state index contributed by atoms with van der Waals surface area (Å²) in [7, 11) is 0. The summed E-state index contributed by atoms with van der Waals surface area (Å²) >= 11 is 0. The molecule has 0 aromatic carbocycles. The second-order valence-corrected chi connectivity index (χ2v) is 6.63. The third kappa shape index (κ3) is 3.53. The van der Waals surface area contributed by atoms with Crippen LogP contribution in [0.5, 0.6) is 0 Å². The standard InChI is InChI=1S/C19H22N6O3/c1-3-4-16-22-18(28-23-16)14-5-6-17(20-11-14)25-13(2)15(12-21-25)19(26)24-7-9-27-10-8-24/h5-6,11-12H,3-4,7-10H2,1-2H3. The average molecular weight is 382 g/mol. The van der Waals surface area contributed by atoms with E-state index in [2.05, 4.69) is 27.1 Å². The normalized spacial score (nSPS) is 14.4. The molecule has 1 saturated heterocycles. The van der Waals surface area contributed by atoms with Gasteiger partial charge in [0.05, 0.1) is 36.2 Å². The van der Waals surface area contributed by atoms with Crippen LogP contribution < -0.4 is 0 Å². The fourth-order valence-electron chi connectivity index (χ4n) is 3.12. The van der Waals surface area contributed by atoms with Crippen molar-refractivity contribution in [3.8, 4) is 17.3 Å². The van der Waals surface area contributed by atoms with Crippen molar-refractivity contribution in [1.29, 1.82) is 0 Å². The van der Waals surface area contributed by atoms with Gasteiger partial charge in [0, 0.05) is 25.7 Å². The second kappa shape index (κ2) is 7.89. The molecule has 9 nitrogen and oxygen atoms in total. The van der Waals surface area contributed by atoms with Gasteiger partial charge in [0.25, 0.3) is 11.8 Å². The Morgan fingerprint density at radius 3 is 2.75 bits per heavy atom. The lowest BCUT2D eigenvalue weighted by atomic mass is 10.2. The van der Waals surface area contributed by atoms with Crippen LogP contribution in [-0.4, -0.2) is 62.0 Å². The number of hydrogen-bond acceptors (Lipinski definition) is 7. The number of aromatic nitrogens is 5. The molecule has 0 saturated carbocycles. The zero-order chi connectivity index (χ0) is 19.5. The Hall–Kier alpha value is -3.07. The SMILES string of the molecule is CCCc1noc(-c2ccc(-n3ncc(C(=O)N4CCOCC4)c3C)nc2)n1. The molecule has 0 radical (unpaired) electrons. The quantitative estimate of drug-likeness (QED) is 0.666. The van der Waals surface area contributed by atoms with Gasteiger partial charge in [0.1, 0.15) is 0 Å². The van der Waals surface area contributed by atoms with Gasteiger partial charge in [-0.1, -0.05) is 12.1 Å². The predicted octanol–water partition coefficient (Wildman–Crippen LogP) is 2.05. The molecule has 0 bridgehead atoms. The summed E-state index contributed by atoms with van der Waals surface area (Å²) in [5, 5.41) is 8.32. The Morgan fingerprint density at radius 2 is 2.04 bits per heavy atom. The Balaban J connectivity index is 1.54. The van der Waals surface area contributed by atoms with Gasteiger partial charge in [-0.2, -0.15) is 10.1 Å². The topological polar surface area (TPSA) is 99.2 Å². The Morgan fingerprint density at radius 1 is 1.21 bits per heavy atom. The molecule has 4 heterocycles. The molecule has 1 amide bonds. The van der Waals surface area contributed by atoms with Crippen LogP contribution in [0.1, 0.15) is 35.2 Å². The van der Waals surface area contributed by atoms with Gasteiger partial charge >= 0.3 is 0 Å². The van der Waals surface area contributed by atoms with Crippen molar-refractivity contribution < 1.29 is 14.1 Å². The summed E-state index contributed by atoms with van der Waals surface area (Å²) in [5.74, 6) is 1.73. The van der Waals surface area contributed by atoms with E-state index >= 15 is 0 Å². The van der Waals surface area contributed by atoms with Gasteiger partial charge in [-0.3, -0.25) is 4.79 Å². The van der Waals surface area contributed by atoms with Crippen LogP contribution in [0, 0.1) is 6.92 Å². The number of hydrogen-bond donors (Lipinski definition) is 0. The van der Waals surface area contributed by atoms with Crippen LogP contribution in [-0.2, 0) is 11.2 Å². The van der Waals surface area contributed by atoms with Crippen molar-refractivity contribution >= 4 is 5.91 Å². The molecule has 1 fully saturated rings. The molecule has 0 N–H and O–H groups in total.